The Morgan fingerprint density at radius 3 is 2.12 bits per heavy atom. The Bertz CT molecular complexity index is 1480. The molecule has 8 nitrogen and oxygen atoms in total. The van der Waals surface area contributed by atoms with Gasteiger partial charge in [0.2, 0.25) is 11.6 Å². The molecule has 1 N–H and O–H groups in total. The fourth-order valence-electron chi connectivity index (χ4n) is 3.27. The number of aromatic hydroxyl groups is 1. The van der Waals surface area contributed by atoms with Gasteiger partial charge < -0.3 is 14.6 Å². The number of para-hydroxylation sites is 1. The maximum absolute atomic E-state index is 13.5. The number of hydrogen-bond donors (Lipinski definition) is 1. The SMILES string of the molecule is COc1ccc(-n2c(=O)c(N=Nc3ccccc3OC)c(O)n(-c3ccc(I)cc3)c2=S)cc1. The molecule has 10 heteroatoms. The van der Waals surface area contributed by atoms with Crippen molar-refractivity contribution in [2.75, 3.05) is 14.2 Å². The number of aromatic nitrogens is 2. The van der Waals surface area contributed by atoms with E-state index in [1.54, 1.807) is 67.8 Å². The Morgan fingerprint density at radius 2 is 1.47 bits per heavy atom. The molecule has 1 heterocycles. The van der Waals surface area contributed by atoms with Crippen LogP contribution < -0.4 is 15.0 Å². The first-order valence-corrected chi connectivity index (χ1v) is 11.5. The van der Waals surface area contributed by atoms with Crippen LogP contribution in [-0.4, -0.2) is 28.5 Å². The number of hydrogen-bond acceptors (Lipinski definition) is 7. The normalized spacial score (nSPS) is 11.0. The summed E-state index contributed by atoms with van der Waals surface area (Å²) in [6, 6.07) is 21.1. The lowest BCUT2D eigenvalue weighted by molar-refractivity contribution is 0.414. The van der Waals surface area contributed by atoms with E-state index < -0.39 is 11.4 Å². The highest BCUT2D eigenvalue weighted by Gasteiger charge is 2.19. The maximum Gasteiger partial charge on any atom is 0.290 e. The highest BCUT2D eigenvalue weighted by atomic mass is 127. The fraction of sp³-hybridized carbons (Fsp3) is 0.0833. The van der Waals surface area contributed by atoms with Gasteiger partial charge in [0.25, 0.3) is 5.56 Å². The van der Waals surface area contributed by atoms with E-state index in [0.29, 0.717) is 28.6 Å². The van der Waals surface area contributed by atoms with Crippen LogP contribution in [0.2, 0.25) is 0 Å². The summed E-state index contributed by atoms with van der Waals surface area (Å²) in [5, 5.41) is 19.4. The van der Waals surface area contributed by atoms with Crippen molar-refractivity contribution < 1.29 is 14.6 Å². The molecule has 4 aromatic rings. The van der Waals surface area contributed by atoms with Crippen LogP contribution in [0.4, 0.5) is 11.4 Å². The molecule has 0 unspecified atom stereocenters. The minimum absolute atomic E-state index is 0.0742. The second-order valence-electron chi connectivity index (χ2n) is 6.98. The number of halogens is 1. The average molecular weight is 586 g/mol. The van der Waals surface area contributed by atoms with E-state index in [0.717, 1.165) is 3.57 Å². The van der Waals surface area contributed by atoms with Crippen LogP contribution in [-0.2, 0) is 0 Å². The molecule has 3 aromatic carbocycles. The van der Waals surface area contributed by atoms with E-state index in [1.807, 2.05) is 12.1 Å². The third-order valence-electron chi connectivity index (χ3n) is 4.97. The molecule has 0 aliphatic heterocycles. The molecule has 0 fully saturated rings. The standard InChI is InChI=1S/C24H19IN4O4S/c1-32-18-13-11-17(12-14-18)29-23(31)21(27-26-19-5-3-4-6-20(19)33-2)22(30)28(24(29)34)16-9-7-15(25)8-10-16/h3-14,30H,1-2H3. The Hall–Kier alpha value is -3.51. The lowest BCUT2D eigenvalue weighted by Gasteiger charge is -2.16. The summed E-state index contributed by atoms with van der Waals surface area (Å²) >= 11 is 7.83. The summed E-state index contributed by atoms with van der Waals surface area (Å²) in [5.74, 6) is 0.689. The second-order valence-corrected chi connectivity index (χ2v) is 8.59. The highest BCUT2D eigenvalue weighted by molar-refractivity contribution is 14.1. The number of benzene rings is 3. The Kier molecular flexibility index (Phi) is 7.08. The molecule has 34 heavy (non-hydrogen) atoms. The molecule has 0 saturated heterocycles. The van der Waals surface area contributed by atoms with Crippen molar-refractivity contribution in [1.82, 2.24) is 9.13 Å². The third-order valence-corrected chi connectivity index (χ3v) is 6.05. The smallest absolute Gasteiger partial charge is 0.290 e. The van der Waals surface area contributed by atoms with E-state index in [4.69, 9.17) is 21.7 Å². The van der Waals surface area contributed by atoms with E-state index >= 15 is 0 Å². The summed E-state index contributed by atoms with van der Waals surface area (Å²) < 4.78 is 14.3. The highest BCUT2D eigenvalue weighted by Crippen LogP contribution is 2.32. The molecule has 1 aromatic heterocycles. The molecule has 172 valence electrons. The third kappa shape index (κ3) is 4.59. The van der Waals surface area contributed by atoms with Crippen LogP contribution in [0.1, 0.15) is 0 Å². The van der Waals surface area contributed by atoms with Gasteiger partial charge in [0, 0.05) is 3.57 Å². The van der Waals surface area contributed by atoms with E-state index in [2.05, 4.69) is 32.8 Å². The van der Waals surface area contributed by atoms with Gasteiger partial charge in [-0.2, -0.15) is 0 Å². The number of methoxy groups -OCH3 is 2. The monoisotopic (exact) mass is 586 g/mol. The molecule has 0 aliphatic rings. The van der Waals surface area contributed by atoms with Gasteiger partial charge in [0.05, 0.1) is 25.6 Å². The lowest BCUT2D eigenvalue weighted by atomic mass is 10.3. The fourth-order valence-corrected chi connectivity index (χ4v) is 4.01. The zero-order valence-corrected chi connectivity index (χ0v) is 21.1. The van der Waals surface area contributed by atoms with Crippen LogP contribution in [0.25, 0.3) is 11.4 Å². The zero-order valence-electron chi connectivity index (χ0n) is 18.2. The van der Waals surface area contributed by atoms with Gasteiger partial charge in [-0.05, 0) is 95.5 Å². The largest absolute Gasteiger partial charge is 0.497 e. The van der Waals surface area contributed by atoms with Crippen LogP contribution in [0.3, 0.4) is 0 Å². The molecule has 0 radical (unpaired) electrons. The summed E-state index contributed by atoms with van der Waals surface area (Å²) in [6.07, 6.45) is 0. The van der Waals surface area contributed by atoms with Crippen LogP contribution in [0.5, 0.6) is 17.4 Å². The van der Waals surface area contributed by atoms with Gasteiger partial charge in [-0.3, -0.25) is 13.9 Å². The minimum atomic E-state index is -0.618. The molecule has 0 spiro atoms. The number of nitrogens with zero attached hydrogens (tertiary/aromatic N) is 4. The van der Waals surface area contributed by atoms with Crippen molar-refractivity contribution in [2.45, 2.75) is 0 Å². The van der Waals surface area contributed by atoms with Gasteiger partial charge in [-0.15, -0.1) is 10.2 Å². The Labute approximate surface area is 213 Å². The topological polar surface area (TPSA) is 90.3 Å². The second kappa shape index (κ2) is 10.2. The molecule has 0 atom stereocenters. The van der Waals surface area contributed by atoms with Crippen LogP contribution in [0.15, 0.2) is 87.8 Å². The molecule has 0 aliphatic carbocycles. The van der Waals surface area contributed by atoms with Crippen molar-refractivity contribution >= 4 is 46.2 Å². The van der Waals surface area contributed by atoms with Crippen molar-refractivity contribution in [3.8, 4) is 28.8 Å². The van der Waals surface area contributed by atoms with Crippen molar-refractivity contribution in [3.63, 3.8) is 0 Å². The number of ether oxygens (including phenoxy) is 2. The molecule has 0 amide bonds. The van der Waals surface area contributed by atoms with Crippen LogP contribution >= 0.6 is 34.8 Å². The first kappa shape index (κ1) is 23.6. The Balaban J connectivity index is 1.99. The van der Waals surface area contributed by atoms with Gasteiger partial charge in [-0.25, -0.2) is 0 Å². The average Bonchev–Trinajstić information content (AvgIpc) is 2.85. The van der Waals surface area contributed by atoms with E-state index in [9.17, 15) is 9.90 Å². The first-order valence-electron chi connectivity index (χ1n) is 10.0. The van der Waals surface area contributed by atoms with Crippen molar-refractivity contribution in [2.24, 2.45) is 10.2 Å². The molecule has 0 bridgehead atoms. The van der Waals surface area contributed by atoms with Gasteiger partial charge in [-0.1, -0.05) is 12.1 Å². The summed E-state index contributed by atoms with van der Waals surface area (Å²) in [4.78, 5) is 13.5. The number of rotatable bonds is 6. The lowest BCUT2D eigenvalue weighted by Crippen LogP contribution is -2.23. The first-order chi connectivity index (χ1) is 16.4. The van der Waals surface area contributed by atoms with Gasteiger partial charge in [0.1, 0.15) is 17.2 Å². The van der Waals surface area contributed by atoms with E-state index in [-0.39, 0.29) is 10.5 Å². The minimum Gasteiger partial charge on any atom is -0.497 e. The van der Waals surface area contributed by atoms with Crippen molar-refractivity contribution in [3.05, 3.63) is 91.5 Å². The van der Waals surface area contributed by atoms with E-state index in [1.165, 1.54) is 16.2 Å². The summed E-state index contributed by atoms with van der Waals surface area (Å²) in [7, 11) is 3.07. The Morgan fingerprint density at radius 1 is 0.853 bits per heavy atom. The molecular weight excluding hydrogens is 567 g/mol. The van der Waals surface area contributed by atoms with Crippen molar-refractivity contribution in [1.29, 1.82) is 0 Å². The van der Waals surface area contributed by atoms with Crippen LogP contribution in [0, 0.1) is 8.34 Å². The predicted octanol–water partition coefficient (Wildman–Crippen LogP) is 6.10. The summed E-state index contributed by atoms with van der Waals surface area (Å²) in [5.41, 5.74) is 0.577. The summed E-state index contributed by atoms with van der Waals surface area (Å²) in [6.45, 7) is 0. The predicted molar refractivity (Wildman–Crippen MR) is 140 cm³/mol. The van der Waals surface area contributed by atoms with Gasteiger partial charge in [0.15, 0.2) is 4.77 Å². The number of azo groups is 1. The quantitative estimate of drug-likeness (QED) is 0.168. The molecular formula is C24H19IN4O4S. The maximum atomic E-state index is 13.5. The molecule has 4 rings (SSSR count). The molecule has 0 saturated carbocycles. The zero-order chi connectivity index (χ0) is 24.2. The van der Waals surface area contributed by atoms with Gasteiger partial charge >= 0.3 is 0 Å².